The van der Waals surface area contributed by atoms with Crippen molar-refractivity contribution in [3.63, 3.8) is 0 Å². The van der Waals surface area contributed by atoms with Gasteiger partial charge in [0.05, 0.1) is 18.2 Å². The van der Waals surface area contributed by atoms with E-state index in [0.717, 1.165) is 0 Å². The molecule has 0 unspecified atom stereocenters. The van der Waals surface area contributed by atoms with Gasteiger partial charge in [-0.25, -0.2) is 0 Å². The minimum atomic E-state index is -1.87. The summed E-state index contributed by atoms with van der Waals surface area (Å²) in [5.41, 5.74) is 3.08. The lowest BCUT2D eigenvalue weighted by atomic mass is 9.48. The Morgan fingerprint density at radius 2 is 1.96 bits per heavy atom. The molecule has 4 N–H and O–H groups in total. The fourth-order valence-corrected chi connectivity index (χ4v) is 3.93. The molecule has 2 heterocycles. The first-order valence-corrected chi connectivity index (χ1v) is 7.99. The second-order valence-electron chi connectivity index (χ2n) is 7.35. The number of carbonyl (C=O) groups is 1. The third-order valence-corrected chi connectivity index (χ3v) is 5.25. The summed E-state index contributed by atoms with van der Waals surface area (Å²) in [5.74, 6) is -1.24. The van der Waals surface area contributed by atoms with Gasteiger partial charge < -0.3 is 20.4 Å². The van der Waals surface area contributed by atoms with Crippen molar-refractivity contribution in [2.75, 3.05) is 0 Å². The van der Waals surface area contributed by atoms with Crippen LogP contribution in [0.1, 0.15) is 34.6 Å². The highest BCUT2D eigenvalue weighted by atomic mass is 16.7. The standard InChI is InChI=1S/C16H23N5O4/c1-8(2)10-15(6-17)11(19)20-12(22)16(15,7-18)14(4,5)13(25-10)24-9(3)21-23/h8-10,13,21,23H,1-5H3,(H2,19,20,22)/t9-,10-,13+,15-,16+/m0/s1. The molecule has 136 valence electrons. The molecule has 0 aromatic carbocycles. The summed E-state index contributed by atoms with van der Waals surface area (Å²) in [6.45, 7) is 8.33. The van der Waals surface area contributed by atoms with Crippen LogP contribution in [0.5, 0.6) is 0 Å². The number of rotatable bonds is 4. The van der Waals surface area contributed by atoms with Crippen molar-refractivity contribution in [1.29, 1.82) is 10.5 Å². The van der Waals surface area contributed by atoms with Gasteiger partial charge in [0, 0.05) is 5.41 Å². The zero-order valence-electron chi connectivity index (χ0n) is 14.9. The third-order valence-electron chi connectivity index (χ3n) is 5.25. The number of nitrogens with two attached hydrogens (primary N) is 1. The van der Waals surface area contributed by atoms with E-state index in [1.165, 1.54) is 6.92 Å². The molecule has 5 atom stereocenters. The van der Waals surface area contributed by atoms with E-state index >= 15 is 0 Å². The Morgan fingerprint density at radius 1 is 1.36 bits per heavy atom. The van der Waals surface area contributed by atoms with Crippen molar-refractivity contribution >= 4 is 11.7 Å². The predicted molar refractivity (Wildman–Crippen MR) is 85.5 cm³/mol. The summed E-state index contributed by atoms with van der Waals surface area (Å²) in [5, 5.41) is 29.1. The Kier molecular flexibility index (Phi) is 4.66. The Bertz CT molecular complexity index is 692. The van der Waals surface area contributed by atoms with Crippen molar-refractivity contribution in [2.45, 2.75) is 53.2 Å². The number of carbonyl (C=O) groups excluding carboxylic acids is 1. The SMILES string of the molecule is CC(C)[C@@H]1O[C@@H](O[C@@H](C)NO)C(C)(C)[C@@]2(C#N)C(=O)N=C(N)[C@]12C#N. The molecule has 0 aromatic rings. The van der Waals surface area contributed by atoms with Gasteiger partial charge in [-0.2, -0.15) is 21.0 Å². The predicted octanol–water partition coefficient (Wildman–Crippen LogP) is 0.652. The number of hydrogen-bond donors (Lipinski definition) is 3. The number of amidine groups is 1. The molecule has 0 radical (unpaired) electrons. The van der Waals surface area contributed by atoms with Crippen LogP contribution < -0.4 is 11.2 Å². The van der Waals surface area contributed by atoms with Gasteiger partial charge in [0.15, 0.2) is 17.1 Å². The van der Waals surface area contributed by atoms with Crippen LogP contribution >= 0.6 is 0 Å². The molecule has 2 aliphatic rings. The summed E-state index contributed by atoms with van der Waals surface area (Å²) in [4.78, 5) is 16.6. The van der Waals surface area contributed by atoms with E-state index in [1.54, 1.807) is 27.7 Å². The zero-order chi connectivity index (χ0) is 19.2. The van der Waals surface area contributed by atoms with E-state index in [0.29, 0.717) is 0 Å². The fraction of sp³-hybridized carbons (Fsp3) is 0.750. The van der Waals surface area contributed by atoms with Crippen LogP contribution in [-0.4, -0.2) is 35.6 Å². The molecule has 0 spiro atoms. The van der Waals surface area contributed by atoms with Gasteiger partial charge in [0.1, 0.15) is 12.1 Å². The lowest BCUT2D eigenvalue weighted by molar-refractivity contribution is -0.321. The van der Waals surface area contributed by atoms with Crippen molar-refractivity contribution < 1.29 is 19.5 Å². The molecule has 9 nitrogen and oxygen atoms in total. The number of hydrogen-bond acceptors (Lipinski definition) is 8. The molecule has 25 heavy (non-hydrogen) atoms. The number of amides is 1. The van der Waals surface area contributed by atoms with Crippen LogP contribution in [0.2, 0.25) is 0 Å². The van der Waals surface area contributed by atoms with Crippen molar-refractivity contribution in [1.82, 2.24) is 5.48 Å². The minimum absolute atomic E-state index is 0.208. The smallest absolute Gasteiger partial charge is 0.270 e. The molecule has 0 bridgehead atoms. The largest absolute Gasteiger partial charge is 0.386 e. The molecule has 1 amide bonds. The highest BCUT2D eigenvalue weighted by Gasteiger charge is 2.79. The Morgan fingerprint density at radius 3 is 2.40 bits per heavy atom. The fourth-order valence-electron chi connectivity index (χ4n) is 3.93. The van der Waals surface area contributed by atoms with E-state index in [2.05, 4.69) is 11.1 Å². The number of nitrogens with one attached hydrogen (secondary N) is 1. The molecule has 1 fully saturated rings. The van der Waals surface area contributed by atoms with Gasteiger partial charge in [-0.15, -0.1) is 0 Å². The molecular formula is C16H23N5O4. The lowest BCUT2D eigenvalue weighted by Gasteiger charge is -2.56. The molecule has 0 aliphatic carbocycles. The Labute approximate surface area is 146 Å². The first-order chi connectivity index (χ1) is 11.6. The monoisotopic (exact) mass is 349 g/mol. The minimum Gasteiger partial charge on any atom is -0.386 e. The number of nitriles is 2. The average molecular weight is 349 g/mol. The van der Waals surface area contributed by atoms with Crippen LogP contribution in [-0.2, 0) is 14.3 Å². The molecule has 0 saturated carbocycles. The number of aliphatic imine (C=N–C) groups is 1. The molecule has 0 aromatic heterocycles. The van der Waals surface area contributed by atoms with E-state index in [-0.39, 0.29) is 11.8 Å². The molecule has 1 saturated heterocycles. The molecule has 2 aliphatic heterocycles. The van der Waals surface area contributed by atoms with E-state index in [9.17, 15) is 15.3 Å². The molecular weight excluding hydrogens is 326 g/mol. The lowest BCUT2D eigenvalue weighted by Crippen LogP contribution is -2.70. The number of nitrogens with zero attached hydrogens (tertiary/aromatic N) is 3. The van der Waals surface area contributed by atoms with Gasteiger partial charge in [0.25, 0.3) is 5.91 Å². The maximum absolute atomic E-state index is 12.8. The number of fused-ring (bicyclic) bond motifs is 1. The van der Waals surface area contributed by atoms with Gasteiger partial charge in [-0.05, 0) is 12.8 Å². The molecule has 2 rings (SSSR count). The second kappa shape index (κ2) is 6.04. The van der Waals surface area contributed by atoms with Crippen molar-refractivity contribution in [2.24, 2.45) is 32.9 Å². The summed E-state index contributed by atoms with van der Waals surface area (Å²) < 4.78 is 11.7. The first kappa shape index (κ1) is 19.3. The van der Waals surface area contributed by atoms with Gasteiger partial charge >= 0.3 is 0 Å². The van der Waals surface area contributed by atoms with E-state index in [4.69, 9.17) is 20.4 Å². The summed E-state index contributed by atoms with van der Waals surface area (Å²) >= 11 is 0. The van der Waals surface area contributed by atoms with Crippen LogP contribution in [0.3, 0.4) is 0 Å². The number of ether oxygens (including phenoxy) is 2. The summed E-state index contributed by atoms with van der Waals surface area (Å²) in [6, 6.07) is 4.12. The highest BCUT2D eigenvalue weighted by Crippen LogP contribution is 2.64. The van der Waals surface area contributed by atoms with E-state index < -0.39 is 40.8 Å². The van der Waals surface area contributed by atoms with Crippen LogP contribution in [0.25, 0.3) is 0 Å². The Balaban J connectivity index is 2.75. The normalized spacial score (nSPS) is 37.8. The van der Waals surface area contributed by atoms with Crippen LogP contribution in [0, 0.1) is 44.8 Å². The van der Waals surface area contributed by atoms with Gasteiger partial charge in [0.2, 0.25) is 0 Å². The maximum atomic E-state index is 12.8. The second-order valence-corrected chi connectivity index (χ2v) is 7.35. The zero-order valence-corrected chi connectivity index (χ0v) is 14.9. The van der Waals surface area contributed by atoms with Crippen LogP contribution in [0.4, 0.5) is 0 Å². The quantitative estimate of drug-likeness (QED) is 0.494. The topological polar surface area (TPSA) is 154 Å². The number of hydroxylamine groups is 1. The van der Waals surface area contributed by atoms with Gasteiger partial charge in [-0.3, -0.25) is 4.79 Å². The highest BCUT2D eigenvalue weighted by molar-refractivity contribution is 6.12. The summed E-state index contributed by atoms with van der Waals surface area (Å²) in [7, 11) is 0. The third kappa shape index (κ3) is 2.14. The van der Waals surface area contributed by atoms with E-state index in [1.807, 2.05) is 11.5 Å². The van der Waals surface area contributed by atoms with Crippen molar-refractivity contribution in [3.8, 4) is 12.1 Å². The molecule has 9 heteroatoms. The Hall–Kier alpha value is -2.04. The average Bonchev–Trinajstić information content (AvgIpc) is 2.78. The van der Waals surface area contributed by atoms with Gasteiger partial charge in [-0.1, -0.05) is 27.7 Å². The van der Waals surface area contributed by atoms with Crippen molar-refractivity contribution in [3.05, 3.63) is 0 Å². The first-order valence-electron chi connectivity index (χ1n) is 7.99. The van der Waals surface area contributed by atoms with Crippen LogP contribution in [0.15, 0.2) is 4.99 Å². The summed E-state index contributed by atoms with van der Waals surface area (Å²) in [6.07, 6.45) is -2.77. The maximum Gasteiger partial charge on any atom is 0.270 e.